The van der Waals surface area contributed by atoms with E-state index in [-0.39, 0.29) is 11.9 Å². The van der Waals surface area contributed by atoms with Gasteiger partial charge >= 0.3 is 0 Å². The minimum absolute atomic E-state index is 0.171. The van der Waals surface area contributed by atoms with Gasteiger partial charge in [-0.1, -0.05) is 12.1 Å². The molecule has 21 heavy (non-hydrogen) atoms. The molecule has 0 aromatic heterocycles. The molecule has 0 amide bonds. The average molecular weight is 292 g/mol. The fourth-order valence-electron chi connectivity index (χ4n) is 3.38. The van der Waals surface area contributed by atoms with E-state index in [2.05, 4.69) is 10.2 Å². The summed E-state index contributed by atoms with van der Waals surface area (Å²) in [5.74, 6) is 0.659. The fraction of sp³-hybridized carbons (Fsp3) is 0.647. The smallest absolute Gasteiger partial charge is 0.123 e. The Morgan fingerprint density at radius 2 is 1.95 bits per heavy atom. The lowest BCUT2D eigenvalue weighted by Gasteiger charge is -2.36. The summed E-state index contributed by atoms with van der Waals surface area (Å²) in [5.41, 5.74) is 1.16. The van der Waals surface area contributed by atoms with Gasteiger partial charge in [0.1, 0.15) is 5.82 Å². The maximum Gasteiger partial charge on any atom is 0.123 e. The molecule has 0 bridgehead atoms. The molecule has 3 nitrogen and oxygen atoms in total. The van der Waals surface area contributed by atoms with Gasteiger partial charge in [0.15, 0.2) is 0 Å². The van der Waals surface area contributed by atoms with Gasteiger partial charge < -0.3 is 10.1 Å². The van der Waals surface area contributed by atoms with Crippen molar-refractivity contribution < 1.29 is 9.13 Å². The molecule has 2 saturated heterocycles. The molecule has 2 fully saturated rings. The van der Waals surface area contributed by atoms with E-state index in [0.717, 1.165) is 50.7 Å². The summed E-state index contributed by atoms with van der Waals surface area (Å²) < 4.78 is 18.8. The van der Waals surface area contributed by atoms with Crippen molar-refractivity contribution in [3.8, 4) is 0 Å². The first-order valence-corrected chi connectivity index (χ1v) is 8.09. The van der Waals surface area contributed by atoms with Crippen LogP contribution in [-0.4, -0.2) is 50.3 Å². The summed E-state index contributed by atoms with van der Waals surface area (Å²) >= 11 is 0. The molecule has 0 saturated carbocycles. The first-order valence-electron chi connectivity index (χ1n) is 8.09. The molecule has 3 rings (SSSR count). The third kappa shape index (κ3) is 4.50. The molecule has 4 heteroatoms. The van der Waals surface area contributed by atoms with Gasteiger partial charge in [-0.3, -0.25) is 4.90 Å². The Balaban J connectivity index is 1.49. The molecule has 0 unspecified atom stereocenters. The van der Waals surface area contributed by atoms with Crippen LogP contribution in [0.5, 0.6) is 0 Å². The summed E-state index contributed by atoms with van der Waals surface area (Å²) in [6, 6.07) is 6.80. The van der Waals surface area contributed by atoms with Gasteiger partial charge in [0.05, 0.1) is 12.7 Å². The number of nitrogens with one attached hydrogen (secondary N) is 1. The van der Waals surface area contributed by atoms with Crippen molar-refractivity contribution in [1.82, 2.24) is 10.2 Å². The quantitative estimate of drug-likeness (QED) is 0.919. The van der Waals surface area contributed by atoms with Crippen LogP contribution in [0, 0.1) is 11.7 Å². The predicted octanol–water partition coefficient (Wildman–Crippen LogP) is 2.07. The van der Waals surface area contributed by atoms with Crippen LogP contribution in [0.4, 0.5) is 4.39 Å². The van der Waals surface area contributed by atoms with Crippen molar-refractivity contribution >= 4 is 0 Å². The van der Waals surface area contributed by atoms with Gasteiger partial charge in [-0.2, -0.15) is 0 Å². The van der Waals surface area contributed by atoms with Gasteiger partial charge in [-0.05, 0) is 56.0 Å². The van der Waals surface area contributed by atoms with E-state index in [4.69, 9.17) is 4.74 Å². The number of rotatable bonds is 4. The summed E-state index contributed by atoms with van der Waals surface area (Å²) in [4.78, 5) is 2.55. The number of morpholine rings is 1. The highest BCUT2D eigenvalue weighted by Gasteiger charge is 2.23. The molecule has 2 aliphatic heterocycles. The highest BCUT2D eigenvalue weighted by molar-refractivity contribution is 5.17. The number of benzene rings is 1. The third-order valence-electron chi connectivity index (χ3n) is 4.57. The normalized spacial score (nSPS) is 25.1. The number of hydrogen-bond acceptors (Lipinski definition) is 3. The molecule has 116 valence electrons. The lowest BCUT2D eigenvalue weighted by molar-refractivity contribution is -0.0332. The second-order valence-corrected chi connectivity index (χ2v) is 6.28. The Kier molecular flexibility index (Phi) is 5.22. The van der Waals surface area contributed by atoms with E-state index in [1.807, 2.05) is 12.1 Å². The van der Waals surface area contributed by atoms with E-state index in [9.17, 15) is 4.39 Å². The average Bonchev–Trinajstić information content (AvgIpc) is 2.51. The standard InChI is InChI=1S/C17H25FN2O/c18-16-3-1-14(2-4-16)11-17-13-20(9-10-21-17)12-15-5-7-19-8-6-15/h1-4,15,17,19H,5-13H2/t17-/m0/s1. The van der Waals surface area contributed by atoms with Gasteiger partial charge in [-0.15, -0.1) is 0 Å². The van der Waals surface area contributed by atoms with Crippen molar-refractivity contribution in [2.45, 2.75) is 25.4 Å². The lowest BCUT2D eigenvalue weighted by atomic mass is 9.97. The zero-order chi connectivity index (χ0) is 14.5. The third-order valence-corrected chi connectivity index (χ3v) is 4.57. The molecule has 1 atom stereocenters. The molecule has 2 aliphatic rings. The van der Waals surface area contributed by atoms with Crippen LogP contribution in [0.3, 0.4) is 0 Å². The molecule has 1 aromatic carbocycles. The summed E-state index contributed by atoms with van der Waals surface area (Å²) in [5, 5.41) is 3.42. The topological polar surface area (TPSA) is 24.5 Å². The minimum atomic E-state index is -0.171. The minimum Gasteiger partial charge on any atom is -0.375 e. The van der Waals surface area contributed by atoms with E-state index in [0.29, 0.717) is 0 Å². The zero-order valence-electron chi connectivity index (χ0n) is 12.6. The summed E-state index contributed by atoms with van der Waals surface area (Å²) in [6.07, 6.45) is 3.70. The SMILES string of the molecule is Fc1ccc(C[C@H]2CN(CC3CCNCC3)CCO2)cc1. The molecule has 1 N–H and O–H groups in total. The number of halogens is 1. The first-order chi connectivity index (χ1) is 10.3. The molecule has 2 heterocycles. The van der Waals surface area contributed by atoms with Crippen LogP contribution in [0.15, 0.2) is 24.3 Å². The van der Waals surface area contributed by atoms with Crippen molar-refractivity contribution in [1.29, 1.82) is 0 Å². The Labute approximate surface area is 126 Å². The number of hydrogen-bond donors (Lipinski definition) is 1. The van der Waals surface area contributed by atoms with Crippen LogP contribution < -0.4 is 5.32 Å². The number of ether oxygens (including phenoxy) is 1. The van der Waals surface area contributed by atoms with Crippen molar-refractivity contribution in [3.63, 3.8) is 0 Å². The second kappa shape index (κ2) is 7.34. The Morgan fingerprint density at radius 3 is 2.71 bits per heavy atom. The molecule has 1 aromatic rings. The number of nitrogens with zero attached hydrogens (tertiary/aromatic N) is 1. The first kappa shape index (κ1) is 14.9. The van der Waals surface area contributed by atoms with Crippen molar-refractivity contribution in [2.24, 2.45) is 5.92 Å². The Bertz CT molecular complexity index is 431. The van der Waals surface area contributed by atoms with Gasteiger partial charge in [-0.25, -0.2) is 4.39 Å². The van der Waals surface area contributed by atoms with Gasteiger partial charge in [0.25, 0.3) is 0 Å². The van der Waals surface area contributed by atoms with Gasteiger partial charge in [0.2, 0.25) is 0 Å². The van der Waals surface area contributed by atoms with E-state index in [1.165, 1.54) is 31.5 Å². The second-order valence-electron chi connectivity index (χ2n) is 6.28. The van der Waals surface area contributed by atoms with Crippen LogP contribution in [0.1, 0.15) is 18.4 Å². The fourth-order valence-corrected chi connectivity index (χ4v) is 3.38. The number of piperidine rings is 1. The highest BCUT2D eigenvalue weighted by Crippen LogP contribution is 2.17. The largest absolute Gasteiger partial charge is 0.375 e. The molecule has 0 radical (unpaired) electrons. The van der Waals surface area contributed by atoms with Crippen LogP contribution in [-0.2, 0) is 11.2 Å². The van der Waals surface area contributed by atoms with Crippen molar-refractivity contribution in [3.05, 3.63) is 35.6 Å². The van der Waals surface area contributed by atoms with Crippen LogP contribution in [0.25, 0.3) is 0 Å². The predicted molar refractivity (Wildman–Crippen MR) is 81.9 cm³/mol. The highest BCUT2D eigenvalue weighted by atomic mass is 19.1. The maximum absolute atomic E-state index is 12.9. The summed E-state index contributed by atoms with van der Waals surface area (Å²) in [7, 11) is 0. The van der Waals surface area contributed by atoms with Gasteiger partial charge in [0, 0.05) is 19.6 Å². The molecule has 0 aliphatic carbocycles. The van der Waals surface area contributed by atoms with Crippen LogP contribution >= 0.6 is 0 Å². The Hall–Kier alpha value is -0.970. The Morgan fingerprint density at radius 1 is 1.19 bits per heavy atom. The lowest BCUT2D eigenvalue weighted by Crippen LogP contribution is -2.46. The van der Waals surface area contributed by atoms with E-state index < -0.39 is 0 Å². The zero-order valence-corrected chi connectivity index (χ0v) is 12.6. The monoisotopic (exact) mass is 292 g/mol. The summed E-state index contributed by atoms with van der Waals surface area (Å²) in [6.45, 7) is 6.38. The van der Waals surface area contributed by atoms with Crippen molar-refractivity contribution in [2.75, 3.05) is 39.3 Å². The molecular formula is C17H25FN2O. The molecular weight excluding hydrogens is 267 g/mol. The van der Waals surface area contributed by atoms with Crippen LogP contribution in [0.2, 0.25) is 0 Å². The maximum atomic E-state index is 12.9. The van der Waals surface area contributed by atoms with E-state index >= 15 is 0 Å². The van der Waals surface area contributed by atoms with E-state index in [1.54, 1.807) is 0 Å². The molecule has 0 spiro atoms.